The fourth-order valence-electron chi connectivity index (χ4n) is 2.92. The van der Waals surface area contributed by atoms with E-state index in [0.717, 1.165) is 0 Å². The summed E-state index contributed by atoms with van der Waals surface area (Å²) in [6, 6.07) is 5.98. The van der Waals surface area contributed by atoms with Gasteiger partial charge in [-0.25, -0.2) is 18.1 Å². The van der Waals surface area contributed by atoms with Crippen molar-refractivity contribution in [3.05, 3.63) is 29.8 Å². The van der Waals surface area contributed by atoms with Gasteiger partial charge in [0.25, 0.3) is 0 Å². The third-order valence-electron chi connectivity index (χ3n) is 4.41. The highest BCUT2D eigenvalue weighted by Gasteiger charge is 2.40. The number of unbranched alkanes of at least 4 members (excludes halogenated alkanes) is 1. The van der Waals surface area contributed by atoms with E-state index in [1.807, 2.05) is 6.92 Å². The fraction of sp³-hybridized carbons (Fsp3) is 0.556. The minimum Gasteiger partial charge on any atom is -0.481 e. The lowest BCUT2D eigenvalue weighted by molar-refractivity contribution is -0.138. The molecule has 0 radical (unpaired) electrons. The number of carboxylic acid groups (broad SMARTS) is 1. The molecule has 30 heavy (non-hydrogen) atoms. The number of carboxylic acids is 1. The van der Waals surface area contributed by atoms with E-state index < -0.39 is 47.1 Å². The van der Waals surface area contributed by atoms with Crippen LogP contribution in [-0.4, -0.2) is 48.0 Å². The number of aliphatic carboxylic acids is 1. The lowest BCUT2D eigenvalue weighted by Crippen LogP contribution is -2.40. The molecule has 0 saturated heterocycles. The van der Waals surface area contributed by atoms with Crippen LogP contribution >= 0.6 is 7.37 Å². The highest BCUT2D eigenvalue weighted by molar-refractivity contribution is 7.89. The molecule has 3 atom stereocenters. The summed E-state index contributed by atoms with van der Waals surface area (Å²) in [6.45, 7) is 5.04. The molecule has 3 unspecified atom stereocenters. The van der Waals surface area contributed by atoms with Gasteiger partial charge in [-0.2, -0.15) is 0 Å². The van der Waals surface area contributed by atoms with Gasteiger partial charge in [0.05, 0.1) is 17.4 Å². The van der Waals surface area contributed by atoms with E-state index in [4.69, 9.17) is 11.5 Å². The first-order valence-corrected chi connectivity index (χ1v) is 13.1. The van der Waals surface area contributed by atoms with Gasteiger partial charge in [-0.05, 0) is 30.0 Å². The van der Waals surface area contributed by atoms with E-state index in [-0.39, 0.29) is 17.3 Å². The third kappa shape index (κ3) is 8.06. The zero-order valence-corrected chi connectivity index (χ0v) is 19.1. The van der Waals surface area contributed by atoms with E-state index in [2.05, 4.69) is 9.71 Å². The van der Waals surface area contributed by atoms with Gasteiger partial charge < -0.3 is 21.5 Å². The van der Waals surface area contributed by atoms with Crippen molar-refractivity contribution in [1.29, 1.82) is 0 Å². The summed E-state index contributed by atoms with van der Waals surface area (Å²) in [5, 5.41) is 9.68. The molecule has 0 aliphatic rings. The second-order valence-electron chi connectivity index (χ2n) is 7.44. The van der Waals surface area contributed by atoms with Crippen LogP contribution < -0.4 is 16.2 Å². The smallest absolute Gasteiger partial charge is 0.311 e. The second kappa shape index (κ2) is 10.9. The quantitative estimate of drug-likeness (QED) is 0.176. The predicted molar refractivity (Wildman–Crippen MR) is 117 cm³/mol. The lowest BCUT2D eigenvalue weighted by atomic mass is 10.0. The molecule has 1 aromatic rings. The van der Waals surface area contributed by atoms with Gasteiger partial charge in [0.1, 0.15) is 5.78 Å². The molecule has 0 fully saturated rings. The zero-order chi connectivity index (χ0) is 23.1. The van der Waals surface area contributed by atoms with E-state index in [1.165, 1.54) is 18.2 Å². The lowest BCUT2D eigenvalue weighted by Gasteiger charge is -2.29. The van der Waals surface area contributed by atoms with Crippen LogP contribution in [0.2, 0.25) is 0 Å². The molecule has 0 aliphatic carbocycles. The average molecular weight is 463 g/mol. The number of nitrogens with two attached hydrogens (primary N) is 2. The summed E-state index contributed by atoms with van der Waals surface area (Å²) in [6.07, 6.45) is 0.412. The molecular formula is C18H31N4O6PS. The molecule has 170 valence electrons. The Morgan fingerprint density at radius 1 is 1.30 bits per heavy atom. The van der Waals surface area contributed by atoms with Crippen LogP contribution in [0.4, 0.5) is 5.69 Å². The summed E-state index contributed by atoms with van der Waals surface area (Å²) >= 11 is 0. The molecular weight excluding hydrogens is 431 g/mol. The van der Waals surface area contributed by atoms with Crippen LogP contribution in [-0.2, 0) is 19.4 Å². The molecule has 1 rings (SSSR count). The molecule has 0 aliphatic heterocycles. The highest BCUT2D eigenvalue weighted by Crippen LogP contribution is 2.51. The summed E-state index contributed by atoms with van der Waals surface area (Å²) < 4.78 is 40.0. The Kier molecular flexibility index (Phi) is 9.48. The normalized spacial score (nSPS) is 15.9. The van der Waals surface area contributed by atoms with E-state index in [1.54, 1.807) is 19.9 Å². The van der Waals surface area contributed by atoms with Gasteiger partial charge in [-0.1, -0.05) is 39.3 Å². The van der Waals surface area contributed by atoms with Gasteiger partial charge in [0, 0.05) is 6.16 Å². The summed E-state index contributed by atoms with van der Waals surface area (Å²) in [4.78, 5) is 26.5. The van der Waals surface area contributed by atoms with Gasteiger partial charge in [-0.15, -0.1) is 0 Å². The average Bonchev–Trinajstić information content (AvgIpc) is 2.62. The van der Waals surface area contributed by atoms with Gasteiger partial charge in [0.15, 0.2) is 5.96 Å². The molecule has 7 N–H and O–H groups in total. The Morgan fingerprint density at radius 2 is 1.93 bits per heavy atom. The molecule has 0 bridgehead atoms. The van der Waals surface area contributed by atoms with Crippen LogP contribution in [0.15, 0.2) is 29.3 Å². The van der Waals surface area contributed by atoms with Gasteiger partial charge >= 0.3 is 5.97 Å². The Bertz CT molecular complexity index is 915. The number of benzene rings is 1. The van der Waals surface area contributed by atoms with Crippen molar-refractivity contribution >= 4 is 35.0 Å². The second-order valence-corrected chi connectivity index (χ2v) is 11.7. The van der Waals surface area contributed by atoms with Crippen LogP contribution in [0.25, 0.3) is 0 Å². The van der Waals surface area contributed by atoms with Crippen molar-refractivity contribution in [2.24, 2.45) is 22.4 Å². The molecule has 0 spiro atoms. The SMILES string of the molecule is CCCCS(=O)(=O)NC(C(C)C)P(=O)(O)CC(C(=O)O)c1cccc(N=C(N)N)c1. The largest absolute Gasteiger partial charge is 0.481 e. The minimum atomic E-state index is -4.26. The topological polar surface area (TPSA) is 185 Å². The first kappa shape index (κ1) is 26.1. The Hall–Kier alpha value is -1.94. The Morgan fingerprint density at radius 3 is 2.43 bits per heavy atom. The summed E-state index contributed by atoms with van der Waals surface area (Å²) in [5.41, 5.74) is 11.2. The van der Waals surface area contributed by atoms with E-state index in [9.17, 15) is 27.8 Å². The molecule has 1 aromatic carbocycles. The first-order valence-electron chi connectivity index (χ1n) is 9.53. The Balaban J connectivity index is 3.23. The maximum absolute atomic E-state index is 13.2. The number of aliphatic imine (C=N–C) groups is 1. The molecule has 0 heterocycles. The van der Waals surface area contributed by atoms with Crippen LogP contribution in [0.1, 0.15) is 45.1 Å². The number of carbonyl (C=O) groups is 1. The van der Waals surface area contributed by atoms with Crippen molar-refractivity contribution in [1.82, 2.24) is 4.72 Å². The number of guanidine groups is 1. The van der Waals surface area contributed by atoms with Crippen molar-refractivity contribution in [3.63, 3.8) is 0 Å². The van der Waals surface area contributed by atoms with Crippen LogP contribution in [0.3, 0.4) is 0 Å². The maximum atomic E-state index is 13.2. The van der Waals surface area contributed by atoms with Crippen LogP contribution in [0.5, 0.6) is 0 Å². The van der Waals surface area contributed by atoms with E-state index in [0.29, 0.717) is 18.5 Å². The zero-order valence-electron chi connectivity index (χ0n) is 17.4. The molecule has 0 amide bonds. The highest BCUT2D eigenvalue weighted by atomic mass is 32.2. The fourth-order valence-corrected chi connectivity index (χ4v) is 7.54. The van der Waals surface area contributed by atoms with Gasteiger partial charge in [-0.3, -0.25) is 9.36 Å². The number of rotatable bonds is 12. The first-order chi connectivity index (χ1) is 13.8. The number of sulfonamides is 1. The van der Waals surface area contributed by atoms with Gasteiger partial charge in [0.2, 0.25) is 17.4 Å². The molecule has 0 aromatic heterocycles. The van der Waals surface area contributed by atoms with Crippen molar-refractivity contribution < 1.29 is 27.8 Å². The number of nitrogens with one attached hydrogen (secondary N) is 1. The van der Waals surface area contributed by atoms with Crippen molar-refractivity contribution in [2.45, 2.75) is 45.3 Å². The number of hydrogen-bond donors (Lipinski definition) is 5. The Labute approximate surface area is 177 Å². The molecule has 10 nitrogen and oxygen atoms in total. The molecule has 12 heteroatoms. The van der Waals surface area contributed by atoms with Crippen LogP contribution in [0, 0.1) is 5.92 Å². The van der Waals surface area contributed by atoms with Crippen molar-refractivity contribution in [3.8, 4) is 0 Å². The number of nitrogens with zero attached hydrogens (tertiary/aromatic N) is 1. The monoisotopic (exact) mass is 462 g/mol. The molecule has 0 saturated carbocycles. The standard InChI is InChI=1S/C18H31N4O6PS/c1-4-5-9-30(27,28)22-16(12(2)3)29(25,26)11-15(17(23)24)13-7-6-8-14(10-13)21-18(19)20/h6-8,10,12,15-16,22H,4-5,9,11H2,1-3H3,(H,23,24)(H,25,26)(H4,19,20,21). The summed E-state index contributed by atoms with van der Waals surface area (Å²) in [7, 11) is -8.05. The van der Waals surface area contributed by atoms with Crippen molar-refractivity contribution in [2.75, 3.05) is 11.9 Å². The number of hydrogen-bond acceptors (Lipinski definition) is 5. The summed E-state index contributed by atoms with van der Waals surface area (Å²) in [5.74, 6) is -4.89. The minimum absolute atomic E-state index is 0.171. The maximum Gasteiger partial charge on any atom is 0.311 e. The third-order valence-corrected chi connectivity index (χ3v) is 8.50. The predicted octanol–water partition coefficient (Wildman–Crippen LogP) is 1.73. The van der Waals surface area contributed by atoms with E-state index >= 15 is 0 Å².